The molecule has 0 saturated carbocycles. The number of ketones is 1. The predicted octanol–water partition coefficient (Wildman–Crippen LogP) is -3.07. The molecule has 13 heteroatoms. The van der Waals surface area contributed by atoms with Crippen molar-refractivity contribution in [2.75, 3.05) is 13.1 Å². The Morgan fingerprint density at radius 3 is 2.17 bits per heavy atom. The van der Waals surface area contributed by atoms with Crippen LogP contribution in [-0.2, 0) is 24.0 Å². The van der Waals surface area contributed by atoms with Crippen molar-refractivity contribution in [1.82, 2.24) is 16.0 Å². The summed E-state index contributed by atoms with van der Waals surface area (Å²) < 4.78 is 0. The molecule has 10 N–H and O–H groups in total. The van der Waals surface area contributed by atoms with Crippen LogP contribution in [0.3, 0.4) is 0 Å². The number of amides is 3. The largest absolute Gasteiger partial charge is 0.481 e. The second-order valence-electron chi connectivity index (χ2n) is 6.57. The SMILES string of the molecule is CCC(NC(=O)C(CC(=O)O)NC(=O)CNC(=O)C(N)CCCN=C(N)N)C(C)=O. The highest BCUT2D eigenvalue weighted by atomic mass is 16.4. The minimum atomic E-state index is -1.41. The molecule has 3 unspecified atom stereocenters. The van der Waals surface area contributed by atoms with Crippen molar-refractivity contribution in [3.05, 3.63) is 0 Å². The maximum absolute atomic E-state index is 12.3. The van der Waals surface area contributed by atoms with Gasteiger partial charge in [0, 0.05) is 6.54 Å². The molecule has 0 bridgehead atoms. The predicted molar refractivity (Wildman–Crippen MR) is 108 cm³/mol. The smallest absolute Gasteiger partial charge is 0.305 e. The number of guanidine groups is 1. The second-order valence-corrected chi connectivity index (χ2v) is 6.57. The number of nitrogens with zero attached hydrogens (tertiary/aromatic N) is 1. The van der Waals surface area contributed by atoms with E-state index < -0.39 is 54.8 Å². The summed E-state index contributed by atoms with van der Waals surface area (Å²) in [7, 11) is 0. The summed E-state index contributed by atoms with van der Waals surface area (Å²) in [4.78, 5) is 62.4. The number of hydrogen-bond donors (Lipinski definition) is 7. The van der Waals surface area contributed by atoms with Crippen LogP contribution in [0.15, 0.2) is 4.99 Å². The fraction of sp³-hybridized carbons (Fsp3) is 0.647. The van der Waals surface area contributed by atoms with Crippen LogP contribution in [0.25, 0.3) is 0 Å². The van der Waals surface area contributed by atoms with Gasteiger partial charge in [0.05, 0.1) is 25.0 Å². The molecule has 0 rings (SSSR count). The molecule has 0 aliphatic carbocycles. The van der Waals surface area contributed by atoms with Gasteiger partial charge in [-0.05, 0) is 26.2 Å². The van der Waals surface area contributed by atoms with Crippen molar-refractivity contribution in [3.63, 3.8) is 0 Å². The molecule has 170 valence electrons. The van der Waals surface area contributed by atoms with Crippen molar-refractivity contribution in [1.29, 1.82) is 0 Å². The lowest BCUT2D eigenvalue weighted by Gasteiger charge is -2.20. The summed E-state index contributed by atoms with van der Waals surface area (Å²) in [6, 6.07) is -3.10. The molecule has 0 saturated heterocycles. The Hall–Kier alpha value is -3.22. The fourth-order valence-electron chi connectivity index (χ4n) is 2.34. The van der Waals surface area contributed by atoms with Gasteiger partial charge >= 0.3 is 5.97 Å². The normalized spacial score (nSPS) is 13.3. The molecule has 0 spiro atoms. The van der Waals surface area contributed by atoms with Gasteiger partial charge in [0.2, 0.25) is 17.7 Å². The third-order valence-corrected chi connectivity index (χ3v) is 3.97. The van der Waals surface area contributed by atoms with E-state index >= 15 is 0 Å². The van der Waals surface area contributed by atoms with Gasteiger partial charge < -0.3 is 38.3 Å². The first-order valence-electron chi connectivity index (χ1n) is 9.38. The van der Waals surface area contributed by atoms with Crippen LogP contribution >= 0.6 is 0 Å². The van der Waals surface area contributed by atoms with Crippen LogP contribution in [0.4, 0.5) is 0 Å². The first kappa shape index (κ1) is 26.8. The van der Waals surface area contributed by atoms with E-state index in [1.165, 1.54) is 6.92 Å². The van der Waals surface area contributed by atoms with E-state index in [9.17, 15) is 24.0 Å². The lowest BCUT2D eigenvalue weighted by molar-refractivity contribution is -0.141. The number of hydrogen-bond acceptors (Lipinski definition) is 7. The van der Waals surface area contributed by atoms with E-state index in [2.05, 4.69) is 20.9 Å². The van der Waals surface area contributed by atoms with Crippen LogP contribution in [0, 0.1) is 0 Å². The molecule has 30 heavy (non-hydrogen) atoms. The van der Waals surface area contributed by atoms with Crippen LogP contribution in [-0.4, -0.2) is 71.8 Å². The van der Waals surface area contributed by atoms with E-state index in [4.69, 9.17) is 22.3 Å². The Kier molecular flexibility index (Phi) is 12.4. The maximum Gasteiger partial charge on any atom is 0.305 e. The molecule has 0 aromatic rings. The number of aliphatic carboxylic acids is 1. The number of carbonyl (C=O) groups excluding carboxylic acids is 4. The molecule has 13 nitrogen and oxygen atoms in total. The molecule has 0 aromatic heterocycles. The van der Waals surface area contributed by atoms with Gasteiger partial charge in [-0.2, -0.15) is 0 Å². The summed E-state index contributed by atoms with van der Waals surface area (Å²) in [5.41, 5.74) is 16.1. The van der Waals surface area contributed by atoms with Crippen molar-refractivity contribution >= 4 is 35.4 Å². The van der Waals surface area contributed by atoms with Crippen LogP contribution in [0.2, 0.25) is 0 Å². The zero-order chi connectivity index (χ0) is 23.3. The summed E-state index contributed by atoms with van der Waals surface area (Å²) in [6.07, 6.45) is 0.349. The average molecular weight is 429 g/mol. The van der Waals surface area contributed by atoms with Crippen molar-refractivity contribution in [3.8, 4) is 0 Å². The van der Waals surface area contributed by atoms with E-state index in [0.29, 0.717) is 19.4 Å². The first-order valence-corrected chi connectivity index (χ1v) is 9.38. The summed E-state index contributed by atoms with van der Waals surface area (Å²) in [5.74, 6) is -3.88. The van der Waals surface area contributed by atoms with Gasteiger partial charge in [-0.1, -0.05) is 6.92 Å². The Morgan fingerprint density at radius 1 is 1.03 bits per heavy atom. The Labute approximate surface area is 174 Å². The summed E-state index contributed by atoms with van der Waals surface area (Å²) in [6.45, 7) is 2.76. The highest BCUT2D eigenvalue weighted by Gasteiger charge is 2.26. The molecule has 0 radical (unpaired) electrons. The van der Waals surface area contributed by atoms with E-state index in [0.717, 1.165) is 0 Å². The monoisotopic (exact) mass is 429 g/mol. The van der Waals surface area contributed by atoms with Crippen LogP contribution < -0.4 is 33.2 Å². The number of rotatable bonds is 14. The van der Waals surface area contributed by atoms with Gasteiger partial charge in [-0.25, -0.2) is 0 Å². The maximum atomic E-state index is 12.3. The number of carboxylic acid groups (broad SMARTS) is 1. The molecule has 0 aliphatic rings. The van der Waals surface area contributed by atoms with Gasteiger partial charge in [0.1, 0.15) is 6.04 Å². The molecule has 0 aliphatic heterocycles. The lowest BCUT2D eigenvalue weighted by Crippen LogP contribution is -2.54. The number of carbonyl (C=O) groups is 5. The number of Topliss-reactive ketones (excluding diaryl/α,β-unsaturated/α-hetero) is 1. The fourth-order valence-corrected chi connectivity index (χ4v) is 2.34. The molecule has 3 atom stereocenters. The topological polar surface area (TPSA) is 232 Å². The van der Waals surface area contributed by atoms with Crippen LogP contribution in [0.1, 0.15) is 39.5 Å². The zero-order valence-corrected chi connectivity index (χ0v) is 17.1. The second kappa shape index (κ2) is 13.9. The van der Waals surface area contributed by atoms with E-state index in [1.807, 2.05) is 0 Å². The Bertz CT molecular complexity index is 663. The average Bonchev–Trinajstić information content (AvgIpc) is 2.65. The number of nitrogens with one attached hydrogen (secondary N) is 3. The first-order chi connectivity index (χ1) is 14.0. The minimum Gasteiger partial charge on any atom is -0.481 e. The van der Waals surface area contributed by atoms with Crippen molar-refractivity contribution < 1.29 is 29.1 Å². The Morgan fingerprint density at radius 2 is 1.67 bits per heavy atom. The quantitative estimate of drug-likeness (QED) is 0.0841. The Balaban J connectivity index is 4.66. The molecule has 0 aromatic carbocycles. The molecule has 0 fully saturated rings. The minimum absolute atomic E-state index is 0.0711. The molecule has 3 amide bonds. The third kappa shape index (κ3) is 11.6. The highest BCUT2D eigenvalue weighted by Crippen LogP contribution is 1.99. The van der Waals surface area contributed by atoms with Gasteiger partial charge in [0.15, 0.2) is 11.7 Å². The summed E-state index contributed by atoms with van der Waals surface area (Å²) >= 11 is 0. The highest BCUT2D eigenvalue weighted by molar-refractivity contribution is 5.95. The van der Waals surface area contributed by atoms with Crippen molar-refractivity contribution in [2.24, 2.45) is 22.2 Å². The summed E-state index contributed by atoms with van der Waals surface area (Å²) in [5, 5.41) is 15.9. The zero-order valence-electron chi connectivity index (χ0n) is 17.1. The number of aliphatic imine (C=N–C) groups is 1. The lowest BCUT2D eigenvalue weighted by atomic mass is 10.1. The van der Waals surface area contributed by atoms with Crippen molar-refractivity contribution in [2.45, 2.75) is 57.7 Å². The number of carboxylic acids is 1. The van der Waals surface area contributed by atoms with Gasteiger partial charge in [-0.15, -0.1) is 0 Å². The van der Waals surface area contributed by atoms with Gasteiger partial charge in [-0.3, -0.25) is 29.0 Å². The molecule has 0 heterocycles. The van der Waals surface area contributed by atoms with Gasteiger partial charge in [0.25, 0.3) is 0 Å². The van der Waals surface area contributed by atoms with E-state index in [1.54, 1.807) is 6.92 Å². The molecular formula is C17H31N7O6. The van der Waals surface area contributed by atoms with E-state index in [-0.39, 0.29) is 18.2 Å². The van der Waals surface area contributed by atoms with Crippen LogP contribution in [0.5, 0.6) is 0 Å². The number of nitrogens with two attached hydrogens (primary N) is 3. The molecular weight excluding hydrogens is 398 g/mol. The third-order valence-electron chi connectivity index (χ3n) is 3.97. The standard InChI is InChI=1S/C17H31N7O6/c1-3-11(9(2)25)24-16(30)12(7-14(27)28)23-13(26)8-22-15(29)10(18)5-4-6-21-17(19)20/h10-12H,3-8,18H2,1-2H3,(H,22,29)(H,23,26)(H,24,30)(H,27,28)(H4,19,20,21).